The van der Waals surface area contributed by atoms with Crippen molar-refractivity contribution in [3.8, 4) is 0 Å². The largest absolute Gasteiger partial charge is 0.337 e. The Kier molecular flexibility index (Phi) is 3.33. The highest BCUT2D eigenvalue weighted by molar-refractivity contribution is 7.85. The lowest BCUT2D eigenvalue weighted by Gasteiger charge is -2.26. The Labute approximate surface area is 95.7 Å². The van der Waals surface area contributed by atoms with Crippen LogP contribution in [0.15, 0.2) is 24.3 Å². The van der Waals surface area contributed by atoms with E-state index < -0.39 is 10.8 Å². The van der Waals surface area contributed by atoms with Crippen molar-refractivity contribution in [3.63, 3.8) is 0 Å². The lowest BCUT2D eigenvalue weighted by molar-refractivity contribution is 0.0771. The van der Waals surface area contributed by atoms with E-state index in [2.05, 4.69) is 0 Å². The summed E-state index contributed by atoms with van der Waals surface area (Å²) in [6, 6.07) is 5.50. The molecular formula is C11H12FNO2S. The fraction of sp³-hybridized carbons (Fsp3) is 0.364. The first kappa shape index (κ1) is 11.3. The Hall–Kier alpha value is -1.23. The van der Waals surface area contributed by atoms with Crippen molar-refractivity contribution in [1.82, 2.24) is 4.90 Å². The van der Waals surface area contributed by atoms with Crippen LogP contribution in [-0.4, -0.2) is 39.6 Å². The first-order valence-electron chi connectivity index (χ1n) is 5.06. The van der Waals surface area contributed by atoms with E-state index in [1.54, 1.807) is 4.90 Å². The van der Waals surface area contributed by atoms with Crippen LogP contribution >= 0.6 is 0 Å². The number of rotatable bonds is 1. The predicted molar refractivity (Wildman–Crippen MR) is 60.2 cm³/mol. The van der Waals surface area contributed by atoms with E-state index >= 15 is 0 Å². The van der Waals surface area contributed by atoms with Crippen molar-refractivity contribution in [1.29, 1.82) is 0 Å². The fourth-order valence-corrected chi connectivity index (χ4v) is 2.67. The van der Waals surface area contributed by atoms with Crippen LogP contribution in [0, 0.1) is 5.82 Å². The van der Waals surface area contributed by atoms with Gasteiger partial charge in [-0.1, -0.05) is 0 Å². The van der Waals surface area contributed by atoms with Gasteiger partial charge in [0.15, 0.2) is 0 Å². The highest BCUT2D eigenvalue weighted by Crippen LogP contribution is 2.09. The van der Waals surface area contributed by atoms with Crippen LogP contribution in [0.3, 0.4) is 0 Å². The third kappa shape index (κ3) is 2.47. The first-order valence-corrected chi connectivity index (χ1v) is 6.55. The highest BCUT2D eigenvalue weighted by Gasteiger charge is 2.20. The van der Waals surface area contributed by atoms with Crippen molar-refractivity contribution in [2.75, 3.05) is 24.6 Å². The summed E-state index contributed by atoms with van der Waals surface area (Å²) in [6.07, 6.45) is 0. The lowest BCUT2D eigenvalue weighted by atomic mass is 10.2. The summed E-state index contributed by atoms with van der Waals surface area (Å²) in [6.45, 7) is 1.03. The van der Waals surface area contributed by atoms with Gasteiger partial charge in [-0.2, -0.15) is 0 Å². The molecule has 0 atom stereocenters. The highest BCUT2D eigenvalue weighted by atomic mass is 32.2. The first-order chi connectivity index (χ1) is 7.66. The second kappa shape index (κ2) is 4.74. The maximum atomic E-state index is 12.7. The number of benzene rings is 1. The lowest BCUT2D eigenvalue weighted by Crippen LogP contribution is -2.41. The molecule has 1 aliphatic heterocycles. The number of amides is 1. The van der Waals surface area contributed by atoms with Crippen LogP contribution in [0.1, 0.15) is 10.4 Å². The molecule has 2 rings (SSSR count). The van der Waals surface area contributed by atoms with E-state index in [0.717, 1.165) is 0 Å². The van der Waals surface area contributed by atoms with Gasteiger partial charge >= 0.3 is 0 Å². The minimum absolute atomic E-state index is 0.114. The molecule has 1 fully saturated rings. The zero-order valence-corrected chi connectivity index (χ0v) is 9.50. The Morgan fingerprint density at radius 1 is 1.19 bits per heavy atom. The number of nitrogens with zero attached hydrogens (tertiary/aromatic N) is 1. The third-order valence-corrected chi connectivity index (χ3v) is 3.83. The van der Waals surface area contributed by atoms with E-state index in [4.69, 9.17) is 0 Å². The molecular weight excluding hydrogens is 229 g/mol. The minimum atomic E-state index is -0.791. The van der Waals surface area contributed by atoms with Gasteiger partial charge in [0, 0.05) is 41.0 Å². The summed E-state index contributed by atoms with van der Waals surface area (Å²) in [4.78, 5) is 13.6. The quantitative estimate of drug-likeness (QED) is 0.736. The maximum Gasteiger partial charge on any atom is 0.253 e. The van der Waals surface area contributed by atoms with Crippen LogP contribution in [-0.2, 0) is 10.8 Å². The minimum Gasteiger partial charge on any atom is -0.337 e. The maximum absolute atomic E-state index is 12.7. The molecule has 0 radical (unpaired) electrons. The van der Waals surface area contributed by atoms with Gasteiger partial charge in [0.2, 0.25) is 0 Å². The Morgan fingerprint density at radius 2 is 1.75 bits per heavy atom. The molecule has 16 heavy (non-hydrogen) atoms. The zero-order chi connectivity index (χ0) is 11.5. The summed E-state index contributed by atoms with van der Waals surface area (Å²) in [5, 5.41) is 0. The SMILES string of the molecule is O=C(c1ccc(F)cc1)N1CCS(=O)CC1. The monoisotopic (exact) mass is 241 g/mol. The average molecular weight is 241 g/mol. The van der Waals surface area contributed by atoms with Crippen LogP contribution in [0.25, 0.3) is 0 Å². The van der Waals surface area contributed by atoms with Gasteiger partial charge in [0.1, 0.15) is 5.82 Å². The fourth-order valence-electron chi connectivity index (χ4n) is 1.62. The van der Waals surface area contributed by atoms with Crippen molar-refractivity contribution in [2.45, 2.75) is 0 Å². The molecule has 1 saturated heterocycles. The normalized spacial score (nSPS) is 17.4. The third-order valence-electron chi connectivity index (χ3n) is 2.56. The van der Waals surface area contributed by atoms with Gasteiger partial charge in [0.25, 0.3) is 5.91 Å². The Balaban J connectivity index is 2.07. The predicted octanol–water partition coefficient (Wildman–Crippen LogP) is 1.03. The molecule has 0 saturated carbocycles. The van der Waals surface area contributed by atoms with Gasteiger partial charge in [0.05, 0.1) is 0 Å². The van der Waals surface area contributed by atoms with E-state index in [0.29, 0.717) is 30.2 Å². The summed E-state index contributed by atoms with van der Waals surface area (Å²) >= 11 is 0. The second-order valence-electron chi connectivity index (χ2n) is 3.65. The van der Waals surface area contributed by atoms with Crippen molar-refractivity contribution < 1.29 is 13.4 Å². The molecule has 1 aromatic carbocycles. The molecule has 0 N–H and O–H groups in total. The molecule has 0 bridgehead atoms. The van der Waals surface area contributed by atoms with Crippen molar-refractivity contribution in [2.24, 2.45) is 0 Å². The van der Waals surface area contributed by atoms with E-state index in [-0.39, 0.29) is 11.7 Å². The van der Waals surface area contributed by atoms with E-state index in [1.807, 2.05) is 0 Å². The van der Waals surface area contributed by atoms with Crippen LogP contribution in [0.5, 0.6) is 0 Å². The number of hydrogen-bond acceptors (Lipinski definition) is 2. The smallest absolute Gasteiger partial charge is 0.253 e. The molecule has 0 spiro atoms. The van der Waals surface area contributed by atoms with Crippen molar-refractivity contribution >= 4 is 16.7 Å². The molecule has 3 nitrogen and oxygen atoms in total. The number of hydrogen-bond donors (Lipinski definition) is 0. The topological polar surface area (TPSA) is 37.4 Å². The molecule has 1 heterocycles. The van der Waals surface area contributed by atoms with Gasteiger partial charge in [-0.25, -0.2) is 4.39 Å². The van der Waals surface area contributed by atoms with Crippen LogP contribution in [0.4, 0.5) is 4.39 Å². The van der Waals surface area contributed by atoms with E-state index in [9.17, 15) is 13.4 Å². The van der Waals surface area contributed by atoms with Crippen LogP contribution < -0.4 is 0 Å². The zero-order valence-electron chi connectivity index (χ0n) is 8.69. The Bertz CT molecular complexity index is 408. The van der Waals surface area contributed by atoms with E-state index in [1.165, 1.54) is 24.3 Å². The molecule has 0 unspecified atom stereocenters. The van der Waals surface area contributed by atoms with Crippen molar-refractivity contribution in [3.05, 3.63) is 35.6 Å². The second-order valence-corrected chi connectivity index (χ2v) is 5.34. The molecule has 1 aliphatic rings. The number of carbonyl (C=O) groups excluding carboxylic acids is 1. The molecule has 1 aromatic rings. The molecule has 0 aliphatic carbocycles. The number of carbonyl (C=O) groups is 1. The molecule has 0 aromatic heterocycles. The Morgan fingerprint density at radius 3 is 2.31 bits per heavy atom. The van der Waals surface area contributed by atoms with Gasteiger partial charge in [-0.15, -0.1) is 0 Å². The summed E-state index contributed by atoms with van der Waals surface area (Å²) in [5.41, 5.74) is 0.481. The standard InChI is InChI=1S/C11H12FNO2S/c12-10-3-1-9(2-4-10)11(14)13-5-7-16(15)8-6-13/h1-4H,5-8H2. The molecule has 1 amide bonds. The van der Waals surface area contributed by atoms with Gasteiger partial charge < -0.3 is 4.90 Å². The average Bonchev–Trinajstić information content (AvgIpc) is 2.30. The summed E-state index contributed by atoms with van der Waals surface area (Å²) in [5.74, 6) is 0.604. The molecule has 5 heteroatoms. The van der Waals surface area contributed by atoms with Gasteiger partial charge in [-0.3, -0.25) is 9.00 Å². The number of halogens is 1. The summed E-state index contributed by atoms with van der Waals surface area (Å²) < 4.78 is 23.8. The van der Waals surface area contributed by atoms with Crippen LogP contribution in [0.2, 0.25) is 0 Å². The summed E-state index contributed by atoms with van der Waals surface area (Å²) in [7, 11) is -0.791. The molecule has 86 valence electrons. The van der Waals surface area contributed by atoms with Gasteiger partial charge in [-0.05, 0) is 24.3 Å².